The molecule has 2 aromatic carbocycles. The Hall–Kier alpha value is -2.46. The summed E-state index contributed by atoms with van der Waals surface area (Å²) in [5.41, 5.74) is -1.64. The van der Waals surface area contributed by atoms with Gasteiger partial charge in [-0.05, 0) is 6.07 Å². The number of hydrogen-bond acceptors (Lipinski definition) is 0. The molecular weight excluding hydrogens is 412 g/mol. The Balaban J connectivity index is 0.000000230. The second kappa shape index (κ2) is 7.76. The molecule has 0 aromatic heterocycles. The Morgan fingerprint density at radius 1 is 0.828 bits per heavy atom. The first-order valence-electron chi connectivity index (χ1n) is 8.24. The normalized spacial score (nSPS) is 14.4. The van der Waals surface area contributed by atoms with Crippen LogP contribution in [0.3, 0.4) is 0 Å². The van der Waals surface area contributed by atoms with Gasteiger partial charge >= 0.3 is 19.3 Å². The maximum absolute atomic E-state index is 12.3. The van der Waals surface area contributed by atoms with Crippen molar-refractivity contribution in [3.8, 4) is 0 Å². The summed E-state index contributed by atoms with van der Waals surface area (Å²) in [6, 6.07) is 7.53. The maximum Gasteiger partial charge on any atom is 0.509 e. The van der Waals surface area contributed by atoms with Crippen LogP contribution in [0.1, 0.15) is 23.6 Å². The molecule has 0 radical (unpaired) electrons. The van der Waals surface area contributed by atoms with Crippen LogP contribution in [-0.2, 0) is 18.8 Å². The van der Waals surface area contributed by atoms with Gasteiger partial charge in [-0.15, -0.1) is 5.46 Å². The van der Waals surface area contributed by atoms with Crippen molar-refractivity contribution in [2.24, 2.45) is 0 Å². The zero-order chi connectivity index (χ0) is 22.2. The van der Waals surface area contributed by atoms with Crippen LogP contribution in [0.4, 0.5) is 45.0 Å². The fraction of sp³-hybridized carbons (Fsp3) is 0.278. The van der Waals surface area contributed by atoms with Crippen molar-refractivity contribution in [3.63, 3.8) is 0 Å². The SMILES string of the molecule is CC1=[N+](C)c2ccccc2C1.F[B-](F)(F)c1cc(C(F)(F)F)cc(C(F)(F)F)c1. The molecule has 0 amide bonds. The summed E-state index contributed by atoms with van der Waals surface area (Å²) in [6.45, 7) is -3.77. The number of alkyl halides is 6. The van der Waals surface area contributed by atoms with Gasteiger partial charge < -0.3 is 12.9 Å². The minimum Gasteiger partial charge on any atom is -0.445 e. The molecule has 0 atom stereocenters. The van der Waals surface area contributed by atoms with Gasteiger partial charge in [0, 0.05) is 18.6 Å². The number of rotatable bonds is 1. The summed E-state index contributed by atoms with van der Waals surface area (Å²) >= 11 is 0. The van der Waals surface area contributed by atoms with Gasteiger partial charge in [0.1, 0.15) is 7.05 Å². The lowest BCUT2D eigenvalue weighted by Crippen LogP contribution is -2.36. The highest BCUT2D eigenvalue weighted by Crippen LogP contribution is 2.35. The Kier molecular flexibility index (Phi) is 6.11. The van der Waals surface area contributed by atoms with Gasteiger partial charge in [0.25, 0.3) is 0 Å². The lowest BCUT2D eigenvalue weighted by molar-refractivity contribution is -0.402. The average molecular weight is 427 g/mol. The van der Waals surface area contributed by atoms with Gasteiger partial charge in [-0.3, -0.25) is 0 Å². The van der Waals surface area contributed by atoms with E-state index in [0.29, 0.717) is 0 Å². The highest BCUT2D eigenvalue weighted by atomic mass is 19.4. The molecule has 29 heavy (non-hydrogen) atoms. The fourth-order valence-electron chi connectivity index (χ4n) is 2.76. The van der Waals surface area contributed by atoms with Gasteiger partial charge in [0.15, 0.2) is 5.71 Å². The van der Waals surface area contributed by atoms with E-state index in [2.05, 4.69) is 42.8 Å². The van der Waals surface area contributed by atoms with Crippen molar-refractivity contribution in [2.45, 2.75) is 25.7 Å². The molecule has 1 nitrogen and oxygen atoms in total. The third-order valence-electron chi connectivity index (χ3n) is 4.36. The van der Waals surface area contributed by atoms with E-state index in [1.54, 1.807) is 0 Å². The van der Waals surface area contributed by atoms with Gasteiger partial charge in [-0.2, -0.15) is 26.3 Å². The number of benzene rings is 2. The first-order chi connectivity index (χ1) is 13.1. The van der Waals surface area contributed by atoms with E-state index in [0.717, 1.165) is 6.42 Å². The Bertz CT molecular complexity index is 845. The van der Waals surface area contributed by atoms with E-state index in [4.69, 9.17) is 0 Å². The third-order valence-corrected chi connectivity index (χ3v) is 4.36. The van der Waals surface area contributed by atoms with E-state index in [9.17, 15) is 39.3 Å². The first-order valence-corrected chi connectivity index (χ1v) is 8.24. The number of hydrogen-bond donors (Lipinski definition) is 0. The zero-order valence-corrected chi connectivity index (χ0v) is 15.2. The van der Waals surface area contributed by atoms with E-state index < -0.39 is 35.9 Å². The molecule has 0 fully saturated rings. The molecular formula is C18H15BF9N. The van der Waals surface area contributed by atoms with Crippen LogP contribution in [-0.4, -0.2) is 24.3 Å². The lowest BCUT2D eigenvalue weighted by Gasteiger charge is -2.19. The van der Waals surface area contributed by atoms with Gasteiger partial charge in [-0.1, -0.05) is 30.3 Å². The summed E-state index contributed by atoms with van der Waals surface area (Å²) in [5, 5.41) is 0. The van der Waals surface area contributed by atoms with Crippen molar-refractivity contribution in [1.29, 1.82) is 0 Å². The van der Waals surface area contributed by atoms with E-state index in [1.165, 1.54) is 17.0 Å². The van der Waals surface area contributed by atoms with Crippen molar-refractivity contribution in [3.05, 3.63) is 59.2 Å². The molecule has 158 valence electrons. The van der Waals surface area contributed by atoms with Gasteiger partial charge in [-0.25, -0.2) is 4.58 Å². The molecule has 0 saturated carbocycles. The fourth-order valence-corrected chi connectivity index (χ4v) is 2.76. The third kappa shape index (κ3) is 5.54. The van der Waals surface area contributed by atoms with Crippen molar-refractivity contribution in [1.82, 2.24) is 0 Å². The highest BCUT2D eigenvalue weighted by Gasteiger charge is 2.39. The van der Waals surface area contributed by atoms with Crippen LogP contribution in [0.25, 0.3) is 0 Å². The summed E-state index contributed by atoms with van der Waals surface area (Å²) in [7, 11) is 2.13. The quantitative estimate of drug-likeness (QED) is 0.310. The molecule has 1 heterocycles. The number of nitrogens with zero attached hydrogens (tertiary/aromatic N) is 1. The van der Waals surface area contributed by atoms with Gasteiger partial charge in [0.05, 0.1) is 17.5 Å². The molecule has 0 bridgehead atoms. The second-order valence-corrected chi connectivity index (χ2v) is 6.51. The minimum atomic E-state index is -5.95. The zero-order valence-electron chi connectivity index (χ0n) is 15.2. The second-order valence-electron chi connectivity index (χ2n) is 6.51. The molecule has 1 aliphatic rings. The van der Waals surface area contributed by atoms with Crippen molar-refractivity contribution in [2.75, 3.05) is 7.05 Å². The molecule has 3 rings (SSSR count). The van der Waals surface area contributed by atoms with Crippen molar-refractivity contribution < 1.29 is 43.9 Å². The largest absolute Gasteiger partial charge is 0.509 e. The molecule has 0 unspecified atom stereocenters. The predicted molar refractivity (Wildman–Crippen MR) is 91.8 cm³/mol. The van der Waals surface area contributed by atoms with Crippen LogP contribution in [0.2, 0.25) is 0 Å². The predicted octanol–water partition coefficient (Wildman–Crippen LogP) is 5.76. The molecule has 0 aliphatic carbocycles. The number of fused-ring (bicyclic) bond motifs is 1. The van der Waals surface area contributed by atoms with Gasteiger partial charge in [0.2, 0.25) is 5.69 Å². The summed E-state index contributed by atoms with van der Waals surface area (Å²) in [4.78, 5) is 0. The smallest absolute Gasteiger partial charge is 0.445 e. The Labute approximate surface area is 160 Å². The first kappa shape index (κ1) is 22.8. The standard InChI is InChI=1S/C10H12N.C8H3BF9/c1-8-7-9-5-3-4-6-10(9)11(8)2;10-7(11,12)4-1-5(8(13,14)15)3-6(2-4)9(16,17)18/h3-6H,7H2,1-2H3;1-3H/q+1;-1. The molecule has 0 N–H and O–H groups in total. The van der Waals surface area contributed by atoms with E-state index in [-0.39, 0.29) is 18.2 Å². The van der Waals surface area contributed by atoms with Crippen LogP contribution >= 0.6 is 0 Å². The minimum absolute atomic E-state index is 0.338. The Morgan fingerprint density at radius 3 is 1.72 bits per heavy atom. The van der Waals surface area contributed by atoms with Crippen LogP contribution in [0.15, 0.2) is 42.5 Å². The molecule has 0 saturated heterocycles. The summed E-state index contributed by atoms with van der Waals surface area (Å²) < 4.78 is 112. The van der Waals surface area contributed by atoms with E-state index in [1.807, 2.05) is 0 Å². The molecule has 2 aromatic rings. The highest BCUT2D eigenvalue weighted by molar-refractivity contribution is 6.73. The van der Waals surface area contributed by atoms with Crippen LogP contribution < -0.4 is 5.46 Å². The van der Waals surface area contributed by atoms with Crippen LogP contribution in [0, 0.1) is 0 Å². The lowest BCUT2D eigenvalue weighted by atomic mass is 9.78. The topological polar surface area (TPSA) is 3.01 Å². The Morgan fingerprint density at radius 2 is 1.31 bits per heavy atom. The van der Waals surface area contributed by atoms with Crippen LogP contribution in [0.5, 0.6) is 0 Å². The van der Waals surface area contributed by atoms with E-state index >= 15 is 0 Å². The number of halogens is 9. The molecule has 11 heteroatoms. The summed E-state index contributed by atoms with van der Waals surface area (Å²) in [5.74, 6) is 0. The maximum atomic E-state index is 12.3. The monoisotopic (exact) mass is 427 g/mol. The molecule has 1 aliphatic heterocycles. The molecule has 0 spiro atoms. The number of para-hydroxylation sites is 1. The van der Waals surface area contributed by atoms with Crippen molar-refractivity contribution >= 4 is 23.8 Å². The summed E-state index contributed by atoms with van der Waals surface area (Å²) in [6.07, 6.45) is -9.44. The average Bonchev–Trinajstić information content (AvgIpc) is 2.87.